The van der Waals surface area contributed by atoms with Crippen molar-refractivity contribution in [2.24, 2.45) is 0 Å². The van der Waals surface area contributed by atoms with E-state index < -0.39 is 7.94 Å². The van der Waals surface area contributed by atoms with Crippen molar-refractivity contribution >= 4 is 25.8 Å². The zero-order valence-corrected chi connectivity index (χ0v) is 12.4. The molecule has 3 radical (unpaired) electrons. The largest absolute Gasteiger partial charge is 0.611 e. The van der Waals surface area contributed by atoms with E-state index in [-0.39, 0.29) is 5.04 Å². The van der Waals surface area contributed by atoms with Gasteiger partial charge < -0.3 is 7.44 Å². The summed E-state index contributed by atoms with van der Waals surface area (Å²) in [4.78, 5) is 0. The van der Waals surface area contributed by atoms with Crippen LogP contribution in [0.4, 0.5) is 0 Å². The smallest absolute Gasteiger partial charge is 0.0623 e. The summed E-state index contributed by atoms with van der Waals surface area (Å²) in [5, 5.41) is 2.67. The van der Waals surface area contributed by atoms with E-state index in [1.165, 1.54) is 10.4 Å². The molecule has 0 spiro atoms. The van der Waals surface area contributed by atoms with Gasteiger partial charge in [0.15, 0.2) is 0 Å². The Bertz CT molecular complexity index is 460. The Balaban J connectivity index is 2.63. The highest BCUT2D eigenvalue weighted by molar-refractivity contribution is 7.33. The number of hydrogen-bond donors (Lipinski definition) is 0. The normalized spacial score (nSPS) is 12.4. The van der Waals surface area contributed by atoms with Crippen LogP contribution in [0.5, 0.6) is 0 Å². The van der Waals surface area contributed by atoms with Crippen molar-refractivity contribution in [3.63, 3.8) is 0 Å². The average molecular weight is 250 g/mol. The summed E-state index contributed by atoms with van der Waals surface area (Å²) in [6.07, 6.45) is 0. The molecule has 0 aliphatic heterocycles. The molecule has 2 aromatic rings. The third kappa shape index (κ3) is 2.17. The van der Waals surface area contributed by atoms with Crippen LogP contribution in [0.2, 0.25) is 5.04 Å². The standard InChI is InChI=1S/C16H19BSi/c1-16(2,3)18(17,14-10-6-4-7-11-14)15-12-8-5-9-13-15/h4-13H,1-3H3/q-1. The van der Waals surface area contributed by atoms with Crippen LogP contribution >= 0.6 is 0 Å². The Morgan fingerprint density at radius 3 is 1.33 bits per heavy atom. The van der Waals surface area contributed by atoms with Crippen molar-refractivity contribution in [1.29, 1.82) is 0 Å². The molecular weight excluding hydrogens is 231 g/mol. The lowest BCUT2D eigenvalue weighted by atomic mass is 10.2. The molecule has 0 aliphatic carbocycles. The molecule has 0 atom stereocenters. The van der Waals surface area contributed by atoms with E-state index in [4.69, 9.17) is 7.44 Å². The first kappa shape index (κ1) is 13.2. The summed E-state index contributed by atoms with van der Waals surface area (Å²) < 4.78 is 0. The lowest BCUT2D eigenvalue weighted by Crippen LogP contribution is -2.65. The molecule has 0 aliphatic rings. The van der Waals surface area contributed by atoms with E-state index in [9.17, 15) is 0 Å². The van der Waals surface area contributed by atoms with Crippen LogP contribution in [0.3, 0.4) is 0 Å². The maximum absolute atomic E-state index is 6.96. The van der Waals surface area contributed by atoms with E-state index in [0.29, 0.717) is 0 Å². The fourth-order valence-corrected chi connectivity index (χ4v) is 5.94. The van der Waals surface area contributed by atoms with Crippen LogP contribution < -0.4 is 10.4 Å². The van der Waals surface area contributed by atoms with Crippen LogP contribution in [-0.4, -0.2) is 15.4 Å². The summed E-state index contributed by atoms with van der Waals surface area (Å²) in [5.41, 5.74) is 0. The van der Waals surface area contributed by atoms with E-state index in [1.807, 2.05) is 12.1 Å². The van der Waals surface area contributed by atoms with Gasteiger partial charge in [0.25, 0.3) is 0 Å². The highest BCUT2D eigenvalue weighted by Gasteiger charge is 2.30. The topological polar surface area (TPSA) is 0 Å². The Kier molecular flexibility index (Phi) is 3.49. The fraction of sp³-hybridized carbons (Fsp3) is 0.250. The van der Waals surface area contributed by atoms with Crippen molar-refractivity contribution < 1.29 is 0 Å². The monoisotopic (exact) mass is 250 g/mol. The molecule has 0 N–H and O–H groups in total. The van der Waals surface area contributed by atoms with Crippen molar-refractivity contribution in [2.45, 2.75) is 25.8 Å². The first-order chi connectivity index (χ1) is 8.46. The molecule has 2 heteroatoms. The van der Waals surface area contributed by atoms with Crippen molar-refractivity contribution in [3.05, 3.63) is 60.7 Å². The molecule has 0 saturated carbocycles. The Labute approximate surface area is 112 Å². The minimum atomic E-state index is -2.20. The van der Waals surface area contributed by atoms with Gasteiger partial charge >= 0.3 is 0 Å². The van der Waals surface area contributed by atoms with E-state index in [1.54, 1.807) is 0 Å². The minimum Gasteiger partial charge on any atom is -0.611 e. The minimum absolute atomic E-state index is 0.0791. The molecule has 0 aromatic heterocycles. The quantitative estimate of drug-likeness (QED) is 0.719. The van der Waals surface area contributed by atoms with E-state index in [2.05, 4.69) is 69.3 Å². The molecule has 91 valence electrons. The van der Waals surface area contributed by atoms with Gasteiger partial charge in [-0.3, -0.25) is 0 Å². The maximum atomic E-state index is 6.96. The van der Waals surface area contributed by atoms with Gasteiger partial charge in [-0.05, 0) is 0 Å². The van der Waals surface area contributed by atoms with Crippen molar-refractivity contribution in [2.75, 3.05) is 0 Å². The highest BCUT2D eigenvalue weighted by atomic mass is 28.3. The Hall–Kier alpha value is -1.28. The molecule has 0 bridgehead atoms. The van der Waals surface area contributed by atoms with Gasteiger partial charge in [-0.1, -0.05) is 96.8 Å². The SMILES string of the molecule is [B-][Si](c1ccccc1)(c1ccccc1)C(C)(C)C. The molecular formula is C16H19BSi-. The van der Waals surface area contributed by atoms with Gasteiger partial charge in [0, 0.05) is 0 Å². The molecule has 0 saturated heterocycles. The number of benzene rings is 2. The second-order valence-electron chi connectivity index (χ2n) is 5.79. The van der Waals surface area contributed by atoms with E-state index >= 15 is 0 Å². The molecule has 0 nitrogen and oxygen atoms in total. The maximum Gasteiger partial charge on any atom is -0.0623 e. The van der Waals surface area contributed by atoms with Crippen LogP contribution in [0.25, 0.3) is 0 Å². The Morgan fingerprint density at radius 2 is 1.06 bits per heavy atom. The predicted molar refractivity (Wildman–Crippen MR) is 83.4 cm³/mol. The van der Waals surface area contributed by atoms with Gasteiger partial charge in [-0.2, -0.15) is 0 Å². The number of hydrogen-bond acceptors (Lipinski definition) is 0. The first-order valence-corrected chi connectivity index (χ1v) is 8.44. The summed E-state index contributed by atoms with van der Waals surface area (Å²) in [6, 6.07) is 21.1. The third-order valence-electron chi connectivity index (χ3n) is 3.64. The zero-order chi connectivity index (χ0) is 13.2. The second kappa shape index (κ2) is 4.77. The number of rotatable bonds is 2. The fourth-order valence-electron chi connectivity index (χ4n) is 2.43. The molecule has 18 heavy (non-hydrogen) atoms. The van der Waals surface area contributed by atoms with Gasteiger partial charge in [0.05, 0.1) is 0 Å². The van der Waals surface area contributed by atoms with Gasteiger partial charge in [-0.25, -0.2) is 0 Å². The molecule has 2 aromatic carbocycles. The molecule has 0 fully saturated rings. The van der Waals surface area contributed by atoms with Crippen LogP contribution in [0, 0.1) is 0 Å². The van der Waals surface area contributed by atoms with Gasteiger partial charge in [0.2, 0.25) is 0 Å². The predicted octanol–water partition coefficient (Wildman–Crippen LogP) is 2.71. The van der Waals surface area contributed by atoms with Crippen molar-refractivity contribution in [3.8, 4) is 0 Å². The van der Waals surface area contributed by atoms with Gasteiger partial charge in [-0.15, -0.1) is 7.94 Å². The summed E-state index contributed by atoms with van der Waals surface area (Å²) >= 11 is 0. The average Bonchev–Trinajstić information content (AvgIpc) is 2.38. The first-order valence-electron chi connectivity index (χ1n) is 6.36. The van der Waals surface area contributed by atoms with Gasteiger partial charge in [0.1, 0.15) is 0 Å². The summed E-state index contributed by atoms with van der Waals surface area (Å²) in [5.74, 6) is 0. The Morgan fingerprint density at radius 1 is 0.722 bits per heavy atom. The highest BCUT2D eigenvalue weighted by Crippen LogP contribution is 2.33. The molecule has 0 amide bonds. The lowest BCUT2D eigenvalue weighted by molar-refractivity contribution is 0.744. The van der Waals surface area contributed by atoms with Crippen LogP contribution in [0.1, 0.15) is 20.8 Å². The third-order valence-corrected chi connectivity index (χ3v) is 8.50. The van der Waals surface area contributed by atoms with Crippen molar-refractivity contribution in [1.82, 2.24) is 0 Å². The molecule has 0 heterocycles. The molecule has 0 unspecified atom stereocenters. The van der Waals surface area contributed by atoms with Crippen LogP contribution in [0.15, 0.2) is 60.7 Å². The summed E-state index contributed by atoms with van der Waals surface area (Å²) in [7, 11) is 4.75. The zero-order valence-electron chi connectivity index (χ0n) is 11.4. The van der Waals surface area contributed by atoms with E-state index in [0.717, 1.165) is 0 Å². The second-order valence-corrected chi connectivity index (χ2v) is 10.1. The molecule has 2 rings (SSSR count). The lowest BCUT2D eigenvalue weighted by Gasteiger charge is -2.54. The summed E-state index contributed by atoms with van der Waals surface area (Å²) in [6.45, 7) is 6.75. The van der Waals surface area contributed by atoms with Crippen LogP contribution in [-0.2, 0) is 0 Å².